The first-order valence-electron chi connectivity index (χ1n) is 7.32. The lowest BCUT2D eigenvalue weighted by Gasteiger charge is -2.17. The summed E-state index contributed by atoms with van der Waals surface area (Å²) in [6.45, 7) is 2.26. The second-order valence-corrected chi connectivity index (χ2v) is 6.90. The Morgan fingerprint density at radius 1 is 1.29 bits per heavy atom. The number of rotatable bonds is 1. The summed E-state index contributed by atoms with van der Waals surface area (Å²) >= 11 is 1.69. The van der Waals surface area contributed by atoms with Gasteiger partial charge in [0.05, 0.1) is 5.39 Å². The number of thiophene rings is 1. The number of benzene rings is 1. The van der Waals surface area contributed by atoms with Crippen molar-refractivity contribution in [2.45, 2.75) is 26.2 Å². The summed E-state index contributed by atoms with van der Waals surface area (Å²) in [5.41, 5.74) is 2.20. The van der Waals surface area contributed by atoms with Crippen molar-refractivity contribution in [2.24, 2.45) is 5.92 Å². The Morgan fingerprint density at radius 2 is 2.10 bits per heavy atom. The highest BCUT2D eigenvalue weighted by molar-refractivity contribution is 7.18. The van der Waals surface area contributed by atoms with Crippen molar-refractivity contribution < 1.29 is 0 Å². The molecule has 0 amide bonds. The summed E-state index contributed by atoms with van der Waals surface area (Å²) in [4.78, 5) is 22.4. The van der Waals surface area contributed by atoms with Gasteiger partial charge in [-0.3, -0.25) is 4.79 Å². The minimum Gasteiger partial charge on any atom is -0.306 e. The quantitative estimate of drug-likeness (QED) is 0.743. The van der Waals surface area contributed by atoms with Gasteiger partial charge in [-0.15, -0.1) is 11.3 Å². The molecule has 0 bridgehead atoms. The molecule has 21 heavy (non-hydrogen) atoms. The molecule has 4 rings (SSSR count). The standard InChI is InChI=1S/C17H16N2OS/c1-10-7-8-13-12(9-10)14-16(20)18-15(19-17(14)21-13)11-5-3-2-4-6-11/h2-6,10H,7-9H2,1H3,(H,18,19,20)/t10-/m1/s1. The molecule has 2 heterocycles. The van der Waals surface area contributed by atoms with Gasteiger partial charge in [-0.2, -0.15) is 0 Å². The molecule has 1 N–H and O–H groups in total. The third-order valence-corrected chi connectivity index (χ3v) is 5.39. The number of nitrogens with zero attached hydrogens (tertiary/aromatic N) is 1. The molecule has 0 aliphatic heterocycles. The van der Waals surface area contributed by atoms with E-state index in [1.807, 2.05) is 30.3 Å². The predicted molar refractivity (Wildman–Crippen MR) is 86.9 cm³/mol. The van der Waals surface area contributed by atoms with Crippen molar-refractivity contribution in [1.29, 1.82) is 0 Å². The fourth-order valence-electron chi connectivity index (χ4n) is 3.09. The largest absolute Gasteiger partial charge is 0.306 e. The Bertz CT molecular complexity index is 864. The summed E-state index contributed by atoms with van der Waals surface area (Å²) in [7, 11) is 0. The van der Waals surface area contributed by atoms with Crippen LogP contribution >= 0.6 is 11.3 Å². The summed E-state index contributed by atoms with van der Waals surface area (Å²) < 4.78 is 0. The molecule has 0 radical (unpaired) electrons. The Hall–Kier alpha value is -1.94. The topological polar surface area (TPSA) is 45.8 Å². The maximum atomic E-state index is 12.5. The third kappa shape index (κ3) is 2.10. The Balaban J connectivity index is 1.94. The molecule has 0 spiro atoms. The molecule has 4 heteroatoms. The van der Waals surface area contributed by atoms with Crippen molar-refractivity contribution in [2.75, 3.05) is 0 Å². The zero-order valence-corrected chi connectivity index (χ0v) is 12.7. The molecule has 0 saturated carbocycles. The number of H-pyrrole nitrogens is 1. The van der Waals surface area contributed by atoms with Crippen LogP contribution in [-0.4, -0.2) is 9.97 Å². The Morgan fingerprint density at radius 3 is 2.90 bits per heavy atom. The van der Waals surface area contributed by atoms with Gasteiger partial charge in [-0.05, 0) is 30.7 Å². The SMILES string of the molecule is C[C@@H]1CCc2sc3nc(-c4ccccc4)[nH]c(=O)c3c2C1. The summed E-state index contributed by atoms with van der Waals surface area (Å²) in [6, 6.07) is 9.83. The van der Waals surface area contributed by atoms with Crippen molar-refractivity contribution >= 4 is 21.6 Å². The van der Waals surface area contributed by atoms with Gasteiger partial charge in [0.1, 0.15) is 10.7 Å². The van der Waals surface area contributed by atoms with E-state index in [0.717, 1.165) is 28.6 Å². The van der Waals surface area contributed by atoms with E-state index in [-0.39, 0.29) is 5.56 Å². The maximum Gasteiger partial charge on any atom is 0.260 e. The number of hydrogen-bond donors (Lipinski definition) is 1. The molecule has 1 aromatic carbocycles. The van der Waals surface area contributed by atoms with Gasteiger partial charge in [-0.1, -0.05) is 37.3 Å². The molecule has 1 aliphatic rings. The summed E-state index contributed by atoms with van der Waals surface area (Å²) in [5.74, 6) is 1.32. The average molecular weight is 296 g/mol. The van der Waals surface area contributed by atoms with Crippen LogP contribution < -0.4 is 5.56 Å². The Kier molecular flexibility index (Phi) is 2.93. The zero-order chi connectivity index (χ0) is 14.4. The van der Waals surface area contributed by atoms with Crippen LogP contribution in [0.5, 0.6) is 0 Å². The predicted octanol–water partition coefficient (Wildman–Crippen LogP) is 3.78. The van der Waals surface area contributed by atoms with Crippen LogP contribution in [0.2, 0.25) is 0 Å². The van der Waals surface area contributed by atoms with Crippen molar-refractivity contribution in [3.8, 4) is 11.4 Å². The van der Waals surface area contributed by atoms with Crippen molar-refractivity contribution in [3.63, 3.8) is 0 Å². The van der Waals surface area contributed by atoms with Gasteiger partial charge >= 0.3 is 0 Å². The molecule has 1 atom stereocenters. The summed E-state index contributed by atoms with van der Waals surface area (Å²) in [5, 5.41) is 0.821. The van der Waals surface area contributed by atoms with Gasteiger partial charge in [0.25, 0.3) is 5.56 Å². The van der Waals surface area contributed by atoms with Gasteiger partial charge in [0, 0.05) is 10.4 Å². The molecule has 1 aliphatic carbocycles. The smallest absolute Gasteiger partial charge is 0.260 e. The van der Waals surface area contributed by atoms with Crippen LogP contribution in [0.1, 0.15) is 23.8 Å². The third-order valence-electron chi connectivity index (χ3n) is 4.21. The van der Waals surface area contributed by atoms with E-state index in [1.54, 1.807) is 11.3 Å². The second kappa shape index (κ2) is 4.81. The summed E-state index contributed by atoms with van der Waals surface area (Å²) in [6.07, 6.45) is 3.30. The average Bonchev–Trinajstić information content (AvgIpc) is 2.86. The van der Waals surface area contributed by atoms with Crippen LogP contribution in [0.25, 0.3) is 21.6 Å². The number of hydrogen-bond acceptors (Lipinski definition) is 3. The number of nitrogens with one attached hydrogen (secondary N) is 1. The van der Waals surface area contributed by atoms with Crippen LogP contribution in [0.15, 0.2) is 35.1 Å². The highest BCUT2D eigenvalue weighted by atomic mass is 32.1. The van der Waals surface area contributed by atoms with Crippen LogP contribution in [0.3, 0.4) is 0 Å². The molecule has 2 aromatic heterocycles. The number of aromatic amines is 1. The van der Waals surface area contributed by atoms with Gasteiger partial charge in [0.2, 0.25) is 0 Å². The van der Waals surface area contributed by atoms with E-state index in [4.69, 9.17) is 4.98 Å². The lowest BCUT2D eigenvalue weighted by atomic mass is 9.89. The number of aryl methyl sites for hydroxylation is 1. The van der Waals surface area contributed by atoms with E-state index in [2.05, 4.69) is 11.9 Å². The lowest BCUT2D eigenvalue weighted by Crippen LogP contribution is -2.14. The first kappa shape index (κ1) is 12.8. The lowest BCUT2D eigenvalue weighted by molar-refractivity contribution is 0.508. The first-order valence-corrected chi connectivity index (χ1v) is 8.14. The molecule has 3 nitrogen and oxygen atoms in total. The van der Waals surface area contributed by atoms with E-state index in [1.165, 1.54) is 16.9 Å². The molecule has 3 aromatic rings. The highest BCUT2D eigenvalue weighted by Crippen LogP contribution is 2.36. The minimum absolute atomic E-state index is 0.00505. The fraction of sp³-hybridized carbons (Fsp3) is 0.294. The van der Waals surface area contributed by atoms with Crippen molar-refractivity contribution in [1.82, 2.24) is 9.97 Å². The van der Waals surface area contributed by atoms with Gasteiger partial charge in [-0.25, -0.2) is 4.98 Å². The molecule has 0 saturated heterocycles. The molecular weight excluding hydrogens is 280 g/mol. The molecule has 0 unspecified atom stereocenters. The molecule has 0 fully saturated rings. The van der Waals surface area contributed by atoms with Gasteiger partial charge in [0.15, 0.2) is 0 Å². The van der Waals surface area contributed by atoms with E-state index < -0.39 is 0 Å². The van der Waals surface area contributed by atoms with E-state index >= 15 is 0 Å². The van der Waals surface area contributed by atoms with Crippen molar-refractivity contribution in [3.05, 3.63) is 51.1 Å². The van der Waals surface area contributed by atoms with Crippen LogP contribution in [0.4, 0.5) is 0 Å². The van der Waals surface area contributed by atoms with E-state index in [0.29, 0.717) is 11.7 Å². The first-order chi connectivity index (χ1) is 10.2. The monoisotopic (exact) mass is 296 g/mol. The van der Waals surface area contributed by atoms with Gasteiger partial charge < -0.3 is 4.98 Å². The van der Waals surface area contributed by atoms with E-state index in [9.17, 15) is 4.79 Å². The minimum atomic E-state index is 0.00505. The highest BCUT2D eigenvalue weighted by Gasteiger charge is 2.23. The number of aromatic nitrogens is 2. The van der Waals surface area contributed by atoms with Crippen LogP contribution in [0, 0.1) is 5.92 Å². The second-order valence-electron chi connectivity index (χ2n) is 5.81. The molecular formula is C17H16N2OS. The van der Waals surface area contributed by atoms with Crippen LogP contribution in [-0.2, 0) is 12.8 Å². The number of fused-ring (bicyclic) bond motifs is 3. The fourth-order valence-corrected chi connectivity index (χ4v) is 4.31. The maximum absolute atomic E-state index is 12.5. The zero-order valence-electron chi connectivity index (χ0n) is 11.8. The Labute approximate surface area is 126 Å². The normalized spacial score (nSPS) is 17.9. The molecule has 106 valence electrons.